The average Bonchev–Trinajstić information content (AvgIpc) is 2.38. The first kappa shape index (κ1) is 5.78. The van der Waals surface area contributed by atoms with Crippen molar-refractivity contribution in [3.63, 3.8) is 0 Å². The number of ether oxygens (including phenoxy) is 1. The molecule has 0 amide bonds. The lowest BCUT2D eigenvalue weighted by Crippen LogP contribution is -2.02. The maximum Gasteiger partial charge on any atom is 0.192 e. The van der Waals surface area contributed by atoms with E-state index in [1.165, 1.54) is 0 Å². The van der Waals surface area contributed by atoms with Crippen molar-refractivity contribution in [3.05, 3.63) is 23.3 Å². The molecule has 9 heavy (non-hydrogen) atoms. The minimum absolute atomic E-state index is 0.0571. The first-order valence-electron chi connectivity index (χ1n) is 2.64. The molecule has 1 fully saturated rings. The molecule has 0 N–H and O–H groups in total. The fourth-order valence-electron chi connectivity index (χ4n) is 0.863. The average molecular weight is 163 g/mol. The molecule has 1 heterocycles. The summed E-state index contributed by atoms with van der Waals surface area (Å²) < 4.78 is 5.05. The summed E-state index contributed by atoms with van der Waals surface area (Å²) in [5, 5.41) is 0.0602. The fourth-order valence-corrected chi connectivity index (χ4v) is 1.44. The lowest BCUT2D eigenvalue weighted by Gasteiger charge is -1.98. The highest BCUT2D eigenvalue weighted by molar-refractivity contribution is 6.33. The Morgan fingerprint density at radius 2 is 2.44 bits per heavy atom. The van der Waals surface area contributed by atoms with Crippen molar-refractivity contribution in [2.75, 3.05) is 0 Å². The Kier molecular flexibility index (Phi) is 0.989. The van der Waals surface area contributed by atoms with E-state index in [1.807, 2.05) is 6.08 Å². The van der Waals surface area contributed by atoms with Crippen molar-refractivity contribution in [3.8, 4) is 0 Å². The summed E-state index contributed by atoms with van der Waals surface area (Å²) >= 11 is 11.4. The highest BCUT2D eigenvalue weighted by Gasteiger charge is 2.53. The summed E-state index contributed by atoms with van der Waals surface area (Å²) in [5.41, 5.74) is 0. The minimum atomic E-state index is -0.591. The first-order valence-corrected chi connectivity index (χ1v) is 3.40. The number of allylic oxidation sites excluding steroid dienone is 2. The molecule has 3 heteroatoms. The van der Waals surface area contributed by atoms with Crippen molar-refractivity contribution in [2.45, 2.75) is 11.2 Å². The molecule has 0 saturated carbocycles. The van der Waals surface area contributed by atoms with Crippen LogP contribution in [0.2, 0.25) is 0 Å². The van der Waals surface area contributed by atoms with Gasteiger partial charge in [0.05, 0.1) is 0 Å². The molecule has 0 bridgehead atoms. The molecule has 0 aromatic rings. The summed E-state index contributed by atoms with van der Waals surface area (Å²) in [6.45, 7) is 0. The highest BCUT2D eigenvalue weighted by Crippen LogP contribution is 2.46. The van der Waals surface area contributed by atoms with E-state index in [9.17, 15) is 0 Å². The summed E-state index contributed by atoms with van der Waals surface area (Å²) in [7, 11) is 0. The van der Waals surface area contributed by atoms with Crippen LogP contribution in [0, 0.1) is 0 Å². The number of epoxide rings is 1. The molecule has 1 saturated heterocycles. The van der Waals surface area contributed by atoms with Gasteiger partial charge in [0, 0.05) is 5.03 Å². The van der Waals surface area contributed by atoms with Crippen LogP contribution < -0.4 is 0 Å². The van der Waals surface area contributed by atoms with E-state index in [0.717, 1.165) is 0 Å². The smallest absolute Gasteiger partial charge is 0.192 e. The molecule has 48 valence electrons. The SMILES string of the molecule is ClC1=CC2(Cl)OC2C=C1. The Morgan fingerprint density at radius 1 is 1.67 bits per heavy atom. The zero-order valence-corrected chi connectivity index (χ0v) is 5.99. The number of fused-ring (bicyclic) bond motifs is 1. The summed E-state index contributed by atoms with van der Waals surface area (Å²) in [5.74, 6) is 0. The maximum atomic E-state index is 5.81. The second-order valence-corrected chi connectivity index (χ2v) is 3.15. The highest BCUT2D eigenvalue weighted by atomic mass is 35.5. The van der Waals surface area contributed by atoms with Gasteiger partial charge in [0.2, 0.25) is 0 Å². The van der Waals surface area contributed by atoms with Crippen LogP contribution in [0.25, 0.3) is 0 Å². The maximum absolute atomic E-state index is 5.81. The van der Waals surface area contributed by atoms with Gasteiger partial charge >= 0.3 is 0 Å². The third-order valence-electron chi connectivity index (χ3n) is 1.40. The molecule has 2 atom stereocenters. The van der Waals surface area contributed by atoms with Gasteiger partial charge in [-0.25, -0.2) is 0 Å². The van der Waals surface area contributed by atoms with Gasteiger partial charge in [0.25, 0.3) is 0 Å². The van der Waals surface area contributed by atoms with E-state index in [-0.39, 0.29) is 6.10 Å². The van der Waals surface area contributed by atoms with Crippen LogP contribution in [-0.2, 0) is 4.74 Å². The van der Waals surface area contributed by atoms with E-state index in [2.05, 4.69) is 0 Å². The normalized spacial score (nSPS) is 46.0. The molecule has 0 spiro atoms. The van der Waals surface area contributed by atoms with Crippen molar-refractivity contribution in [2.24, 2.45) is 0 Å². The van der Waals surface area contributed by atoms with E-state index < -0.39 is 5.06 Å². The molecular weight excluding hydrogens is 159 g/mol. The number of halogens is 2. The summed E-state index contributed by atoms with van der Waals surface area (Å²) in [4.78, 5) is 0. The van der Waals surface area contributed by atoms with Crippen LogP contribution in [0.5, 0.6) is 0 Å². The van der Waals surface area contributed by atoms with Crippen LogP contribution in [-0.4, -0.2) is 11.2 Å². The standard InChI is InChI=1S/C6H4Cl2O/c7-4-1-2-5-6(8,3-4)9-5/h1-3,5H. The van der Waals surface area contributed by atoms with Crippen LogP contribution >= 0.6 is 23.2 Å². The molecule has 2 rings (SSSR count). The Balaban J connectivity index is 2.34. The van der Waals surface area contributed by atoms with E-state index in [1.54, 1.807) is 12.2 Å². The van der Waals surface area contributed by atoms with E-state index >= 15 is 0 Å². The zero-order chi connectivity index (χ0) is 6.48. The van der Waals surface area contributed by atoms with Gasteiger partial charge in [-0.05, 0) is 18.2 Å². The van der Waals surface area contributed by atoms with Gasteiger partial charge < -0.3 is 4.74 Å². The van der Waals surface area contributed by atoms with Crippen LogP contribution in [0.1, 0.15) is 0 Å². The fraction of sp³-hybridized carbons (Fsp3) is 0.333. The Morgan fingerprint density at radius 3 is 3.00 bits per heavy atom. The Hall–Kier alpha value is 0.0200. The summed E-state index contributed by atoms with van der Waals surface area (Å²) in [6.07, 6.45) is 5.41. The molecule has 0 radical (unpaired) electrons. The van der Waals surface area contributed by atoms with E-state index in [0.29, 0.717) is 5.03 Å². The topological polar surface area (TPSA) is 12.5 Å². The monoisotopic (exact) mass is 162 g/mol. The molecule has 2 aliphatic rings. The van der Waals surface area contributed by atoms with Gasteiger partial charge in [-0.3, -0.25) is 0 Å². The molecular formula is C6H4Cl2O. The number of hydrogen-bond acceptors (Lipinski definition) is 1. The van der Waals surface area contributed by atoms with Crippen LogP contribution in [0.4, 0.5) is 0 Å². The second-order valence-electron chi connectivity index (χ2n) is 2.12. The predicted molar refractivity (Wildman–Crippen MR) is 36.5 cm³/mol. The van der Waals surface area contributed by atoms with Crippen molar-refractivity contribution >= 4 is 23.2 Å². The first-order chi connectivity index (χ1) is 4.21. The largest absolute Gasteiger partial charge is 0.341 e. The predicted octanol–water partition coefficient (Wildman–Crippen LogP) is 2.01. The van der Waals surface area contributed by atoms with E-state index in [4.69, 9.17) is 27.9 Å². The van der Waals surface area contributed by atoms with Gasteiger partial charge in [0.1, 0.15) is 6.10 Å². The molecule has 2 unspecified atom stereocenters. The minimum Gasteiger partial charge on any atom is -0.341 e. The van der Waals surface area contributed by atoms with Crippen LogP contribution in [0.3, 0.4) is 0 Å². The quantitative estimate of drug-likeness (QED) is 0.393. The van der Waals surface area contributed by atoms with Gasteiger partial charge in [-0.2, -0.15) is 0 Å². The Bertz CT molecular complexity index is 209. The molecule has 1 nitrogen and oxygen atoms in total. The zero-order valence-electron chi connectivity index (χ0n) is 4.47. The number of rotatable bonds is 0. The lowest BCUT2D eigenvalue weighted by atomic mass is 10.2. The number of hydrogen-bond donors (Lipinski definition) is 0. The van der Waals surface area contributed by atoms with Gasteiger partial charge in [-0.1, -0.05) is 23.2 Å². The van der Waals surface area contributed by atoms with Crippen molar-refractivity contribution in [1.82, 2.24) is 0 Å². The van der Waals surface area contributed by atoms with Crippen molar-refractivity contribution < 1.29 is 4.74 Å². The molecule has 0 aromatic carbocycles. The number of alkyl halides is 1. The third kappa shape index (κ3) is 0.803. The second kappa shape index (κ2) is 1.54. The van der Waals surface area contributed by atoms with Crippen LogP contribution in [0.15, 0.2) is 23.3 Å². The van der Waals surface area contributed by atoms with Crippen molar-refractivity contribution in [1.29, 1.82) is 0 Å². The third-order valence-corrected chi connectivity index (χ3v) is 2.05. The van der Waals surface area contributed by atoms with Gasteiger partial charge in [0.15, 0.2) is 5.06 Å². The lowest BCUT2D eigenvalue weighted by molar-refractivity contribution is 0.396. The summed E-state index contributed by atoms with van der Waals surface area (Å²) in [6, 6.07) is 0. The molecule has 0 aromatic heterocycles. The molecule has 1 aliphatic heterocycles. The molecule has 1 aliphatic carbocycles. The van der Waals surface area contributed by atoms with Gasteiger partial charge in [-0.15, -0.1) is 0 Å². The Labute approximate surface area is 62.9 Å².